The monoisotopic (exact) mass is 264 g/mol. The van der Waals surface area contributed by atoms with E-state index < -0.39 is 0 Å². The lowest BCUT2D eigenvalue weighted by atomic mass is 10.2. The number of aromatic nitrogens is 1. The van der Waals surface area contributed by atoms with Gasteiger partial charge in [0.2, 0.25) is 0 Å². The summed E-state index contributed by atoms with van der Waals surface area (Å²) in [6.45, 7) is 2.42. The number of carbonyl (C=O) groups is 1. The highest BCUT2D eigenvalue weighted by Gasteiger charge is 2.08. The summed E-state index contributed by atoms with van der Waals surface area (Å²) < 4.78 is 5.46. The van der Waals surface area contributed by atoms with Crippen molar-refractivity contribution >= 4 is 28.4 Å². The first-order valence-electron chi connectivity index (χ1n) is 5.65. The van der Waals surface area contributed by atoms with Gasteiger partial charge in [0.1, 0.15) is 11.3 Å². The maximum absolute atomic E-state index is 11.3. The second-order valence-corrected chi connectivity index (χ2v) is 4.09. The molecule has 94 valence electrons. The number of ether oxygens (including phenoxy) is 1. The number of carbonyl (C=O) groups excluding carboxylic acids is 1. The van der Waals surface area contributed by atoms with Crippen molar-refractivity contribution in [1.82, 2.24) is 10.3 Å². The molecule has 0 spiro atoms. The summed E-state index contributed by atoms with van der Waals surface area (Å²) in [6, 6.07) is 7.13. The molecule has 0 bridgehead atoms. The summed E-state index contributed by atoms with van der Waals surface area (Å²) in [6.07, 6.45) is 1.66. The molecule has 18 heavy (non-hydrogen) atoms. The second kappa shape index (κ2) is 5.69. The number of benzene rings is 1. The fraction of sp³-hybridized carbons (Fsp3) is 0.231. The number of hydrogen-bond donors (Lipinski definition) is 1. The second-order valence-electron chi connectivity index (χ2n) is 3.69. The van der Waals surface area contributed by atoms with Crippen LogP contribution in [0.5, 0.6) is 5.75 Å². The molecule has 2 aromatic rings. The molecule has 2 rings (SSSR count). The van der Waals surface area contributed by atoms with Gasteiger partial charge >= 0.3 is 0 Å². The van der Waals surface area contributed by atoms with Crippen LogP contribution in [0.2, 0.25) is 5.02 Å². The Bertz CT molecular complexity index is 572. The maximum Gasteiger partial charge on any atom is 0.257 e. The van der Waals surface area contributed by atoms with Crippen LogP contribution in [0.1, 0.15) is 6.92 Å². The first-order chi connectivity index (χ1) is 8.72. The van der Waals surface area contributed by atoms with Crippen molar-refractivity contribution in [1.29, 1.82) is 0 Å². The van der Waals surface area contributed by atoms with E-state index in [1.807, 2.05) is 19.1 Å². The molecule has 1 N–H and O–H groups in total. The van der Waals surface area contributed by atoms with Crippen LogP contribution in [0, 0.1) is 0 Å². The molecule has 0 radical (unpaired) electrons. The van der Waals surface area contributed by atoms with E-state index in [1.165, 1.54) is 0 Å². The Labute approximate surface area is 110 Å². The molecule has 1 heterocycles. The number of amides is 1. The molecular formula is C13H13ClN2O2. The van der Waals surface area contributed by atoms with Gasteiger partial charge in [0.15, 0.2) is 6.61 Å². The summed E-state index contributed by atoms with van der Waals surface area (Å²) in [7, 11) is 0. The molecule has 1 aromatic heterocycles. The lowest BCUT2D eigenvalue weighted by Gasteiger charge is -2.09. The van der Waals surface area contributed by atoms with Gasteiger partial charge in [-0.05, 0) is 31.2 Å². The SMILES string of the molecule is CCNC(=O)COc1ccc(Cl)c2cccnc12. The molecule has 5 heteroatoms. The molecular weight excluding hydrogens is 252 g/mol. The van der Waals surface area contributed by atoms with Crippen molar-refractivity contribution < 1.29 is 9.53 Å². The fourth-order valence-corrected chi connectivity index (χ4v) is 1.84. The predicted molar refractivity (Wildman–Crippen MR) is 70.9 cm³/mol. The van der Waals surface area contributed by atoms with Gasteiger partial charge in [-0.3, -0.25) is 9.78 Å². The number of nitrogens with zero attached hydrogens (tertiary/aromatic N) is 1. The molecule has 0 unspecified atom stereocenters. The Morgan fingerprint density at radius 3 is 3.06 bits per heavy atom. The number of pyridine rings is 1. The van der Waals surface area contributed by atoms with E-state index in [1.54, 1.807) is 18.3 Å². The zero-order valence-corrected chi connectivity index (χ0v) is 10.7. The largest absolute Gasteiger partial charge is 0.481 e. The van der Waals surface area contributed by atoms with Crippen LogP contribution in [-0.4, -0.2) is 24.0 Å². The van der Waals surface area contributed by atoms with Crippen molar-refractivity contribution in [2.45, 2.75) is 6.92 Å². The van der Waals surface area contributed by atoms with Crippen molar-refractivity contribution in [2.75, 3.05) is 13.2 Å². The quantitative estimate of drug-likeness (QED) is 0.923. The van der Waals surface area contributed by atoms with Gasteiger partial charge in [-0.15, -0.1) is 0 Å². The van der Waals surface area contributed by atoms with Gasteiger partial charge in [-0.25, -0.2) is 0 Å². The Morgan fingerprint density at radius 1 is 1.44 bits per heavy atom. The Balaban J connectivity index is 2.24. The third-order valence-electron chi connectivity index (χ3n) is 2.41. The van der Waals surface area contributed by atoms with Crippen LogP contribution >= 0.6 is 11.6 Å². The minimum Gasteiger partial charge on any atom is -0.481 e. The topological polar surface area (TPSA) is 51.2 Å². The molecule has 0 atom stereocenters. The van der Waals surface area contributed by atoms with E-state index in [0.29, 0.717) is 22.8 Å². The summed E-state index contributed by atoms with van der Waals surface area (Å²) in [4.78, 5) is 15.6. The smallest absolute Gasteiger partial charge is 0.257 e. The van der Waals surface area contributed by atoms with Crippen LogP contribution in [0.4, 0.5) is 0 Å². The Morgan fingerprint density at radius 2 is 2.28 bits per heavy atom. The van der Waals surface area contributed by atoms with Crippen LogP contribution < -0.4 is 10.1 Å². The zero-order valence-electron chi connectivity index (χ0n) is 9.94. The van der Waals surface area contributed by atoms with Gasteiger partial charge in [0.25, 0.3) is 5.91 Å². The Kier molecular flexibility index (Phi) is 3.99. The molecule has 4 nitrogen and oxygen atoms in total. The maximum atomic E-state index is 11.3. The van der Waals surface area contributed by atoms with E-state index in [0.717, 1.165) is 5.39 Å². The standard InChI is InChI=1S/C13H13ClN2O2/c1-2-15-12(17)8-18-11-6-5-10(14)9-4-3-7-16-13(9)11/h3-7H,2,8H2,1H3,(H,15,17). The molecule has 1 amide bonds. The molecule has 0 aliphatic heterocycles. The third-order valence-corrected chi connectivity index (χ3v) is 2.74. The van der Waals surface area contributed by atoms with Crippen LogP contribution in [-0.2, 0) is 4.79 Å². The van der Waals surface area contributed by atoms with E-state index >= 15 is 0 Å². The summed E-state index contributed by atoms with van der Waals surface area (Å²) in [5, 5.41) is 4.09. The van der Waals surface area contributed by atoms with Crippen LogP contribution in [0.25, 0.3) is 10.9 Å². The molecule has 0 aliphatic carbocycles. The lowest BCUT2D eigenvalue weighted by molar-refractivity contribution is -0.122. The van der Waals surface area contributed by atoms with Gasteiger partial charge in [-0.1, -0.05) is 11.6 Å². The number of fused-ring (bicyclic) bond motifs is 1. The summed E-state index contributed by atoms with van der Waals surface area (Å²) >= 11 is 6.07. The Hall–Kier alpha value is -1.81. The minimum absolute atomic E-state index is 0.0266. The summed E-state index contributed by atoms with van der Waals surface area (Å²) in [5.74, 6) is 0.401. The third kappa shape index (κ3) is 2.71. The zero-order chi connectivity index (χ0) is 13.0. The van der Waals surface area contributed by atoms with E-state index in [9.17, 15) is 4.79 Å². The number of halogens is 1. The highest BCUT2D eigenvalue weighted by atomic mass is 35.5. The molecule has 0 saturated carbocycles. The lowest BCUT2D eigenvalue weighted by Crippen LogP contribution is -2.28. The van der Waals surface area contributed by atoms with Gasteiger partial charge in [-0.2, -0.15) is 0 Å². The first kappa shape index (κ1) is 12.6. The van der Waals surface area contributed by atoms with Crippen LogP contribution in [0.15, 0.2) is 30.5 Å². The van der Waals surface area contributed by atoms with Gasteiger partial charge in [0, 0.05) is 18.1 Å². The van der Waals surface area contributed by atoms with E-state index in [-0.39, 0.29) is 12.5 Å². The molecule has 1 aromatic carbocycles. The number of nitrogens with one attached hydrogen (secondary N) is 1. The van der Waals surface area contributed by atoms with E-state index in [2.05, 4.69) is 10.3 Å². The molecule has 0 saturated heterocycles. The normalized spacial score (nSPS) is 10.3. The average molecular weight is 265 g/mol. The van der Waals surface area contributed by atoms with E-state index in [4.69, 9.17) is 16.3 Å². The fourth-order valence-electron chi connectivity index (χ4n) is 1.62. The molecule has 0 fully saturated rings. The first-order valence-corrected chi connectivity index (χ1v) is 6.03. The highest BCUT2D eigenvalue weighted by molar-refractivity contribution is 6.35. The van der Waals surface area contributed by atoms with Gasteiger partial charge in [0.05, 0.1) is 5.02 Å². The van der Waals surface area contributed by atoms with Crippen molar-refractivity contribution in [2.24, 2.45) is 0 Å². The van der Waals surface area contributed by atoms with Crippen molar-refractivity contribution in [3.8, 4) is 5.75 Å². The average Bonchev–Trinajstić information content (AvgIpc) is 2.39. The van der Waals surface area contributed by atoms with Gasteiger partial charge < -0.3 is 10.1 Å². The number of rotatable bonds is 4. The number of likely N-dealkylation sites (N-methyl/N-ethyl adjacent to an activating group) is 1. The highest BCUT2D eigenvalue weighted by Crippen LogP contribution is 2.29. The predicted octanol–water partition coefficient (Wildman–Crippen LogP) is 2.40. The van der Waals surface area contributed by atoms with Crippen LogP contribution in [0.3, 0.4) is 0 Å². The summed E-state index contributed by atoms with van der Waals surface area (Å²) in [5.41, 5.74) is 0.661. The molecule has 0 aliphatic rings. The van der Waals surface area contributed by atoms with Crippen molar-refractivity contribution in [3.05, 3.63) is 35.5 Å². The number of hydrogen-bond acceptors (Lipinski definition) is 3. The van der Waals surface area contributed by atoms with Crippen molar-refractivity contribution in [3.63, 3.8) is 0 Å². The minimum atomic E-state index is -0.156.